The predicted octanol–water partition coefficient (Wildman–Crippen LogP) is 4.27. The molecule has 0 radical (unpaired) electrons. The van der Waals surface area contributed by atoms with Crippen molar-refractivity contribution in [1.29, 1.82) is 0 Å². The highest BCUT2D eigenvalue weighted by Crippen LogP contribution is 2.28. The molecule has 0 saturated heterocycles. The van der Waals surface area contributed by atoms with E-state index in [9.17, 15) is 4.39 Å². The maximum Gasteiger partial charge on any atom is 0.144 e. The number of benzene rings is 1. The van der Waals surface area contributed by atoms with Gasteiger partial charge < -0.3 is 10.1 Å². The van der Waals surface area contributed by atoms with E-state index in [1.807, 2.05) is 11.4 Å². The maximum atomic E-state index is 13.0. The van der Waals surface area contributed by atoms with E-state index in [0.29, 0.717) is 12.3 Å². The van der Waals surface area contributed by atoms with Crippen LogP contribution in [-0.4, -0.2) is 7.11 Å². The van der Waals surface area contributed by atoms with Gasteiger partial charge in [0.2, 0.25) is 0 Å². The number of hydrogen-bond donors (Lipinski definition) is 1. The van der Waals surface area contributed by atoms with Gasteiger partial charge in [-0.1, -0.05) is 0 Å². The summed E-state index contributed by atoms with van der Waals surface area (Å²) in [6, 6.07) is 6.46. The van der Waals surface area contributed by atoms with Crippen molar-refractivity contribution in [3.8, 4) is 5.75 Å². The molecule has 5 heteroatoms. The molecule has 0 aliphatic heterocycles. The first kappa shape index (κ1) is 12.4. The molecule has 0 amide bonds. The second-order valence-corrected chi connectivity index (χ2v) is 5.24. The number of anilines is 1. The molecule has 2 rings (SSSR count). The monoisotopic (exact) mass is 315 g/mol. The molecule has 0 aliphatic rings. The van der Waals surface area contributed by atoms with Crippen LogP contribution in [0, 0.1) is 5.82 Å². The molecule has 0 atom stereocenters. The van der Waals surface area contributed by atoms with Crippen molar-refractivity contribution < 1.29 is 9.13 Å². The molecule has 0 bridgehead atoms. The number of rotatable bonds is 4. The lowest BCUT2D eigenvalue weighted by molar-refractivity contribution is 0.413. The predicted molar refractivity (Wildman–Crippen MR) is 72.3 cm³/mol. The van der Waals surface area contributed by atoms with Gasteiger partial charge in [0.05, 0.1) is 19.3 Å². The Labute approximate surface area is 112 Å². The van der Waals surface area contributed by atoms with E-state index >= 15 is 0 Å². The van der Waals surface area contributed by atoms with Crippen LogP contribution >= 0.6 is 27.3 Å². The summed E-state index contributed by atoms with van der Waals surface area (Å²) in [5, 5.41) is 5.24. The molecule has 1 aromatic carbocycles. The third kappa shape index (κ3) is 2.98. The number of methoxy groups -OCH3 is 1. The molecule has 90 valence electrons. The summed E-state index contributed by atoms with van der Waals surface area (Å²) in [6.07, 6.45) is 0. The van der Waals surface area contributed by atoms with Gasteiger partial charge >= 0.3 is 0 Å². The van der Waals surface area contributed by atoms with Gasteiger partial charge in [0.1, 0.15) is 11.6 Å². The standard InChI is InChI=1S/C12H11BrFNOS/c1-16-11-6-8(14)2-3-10(11)15-7-12-9(13)4-5-17-12/h2-6,15H,7H2,1H3. The van der Waals surface area contributed by atoms with E-state index in [1.165, 1.54) is 24.1 Å². The molecule has 1 heterocycles. The molecule has 0 aliphatic carbocycles. The Balaban J connectivity index is 2.11. The second kappa shape index (κ2) is 5.51. The van der Waals surface area contributed by atoms with Crippen LogP contribution in [0.5, 0.6) is 5.75 Å². The van der Waals surface area contributed by atoms with Crippen LogP contribution in [0.2, 0.25) is 0 Å². The van der Waals surface area contributed by atoms with Crippen LogP contribution in [0.3, 0.4) is 0 Å². The fraction of sp³-hybridized carbons (Fsp3) is 0.167. The summed E-state index contributed by atoms with van der Waals surface area (Å²) < 4.78 is 19.2. The summed E-state index contributed by atoms with van der Waals surface area (Å²) in [6.45, 7) is 0.681. The van der Waals surface area contributed by atoms with Crippen LogP contribution in [0.25, 0.3) is 0 Å². The molecule has 0 unspecified atom stereocenters. The van der Waals surface area contributed by atoms with Crippen molar-refractivity contribution in [1.82, 2.24) is 0 Å². The Hall–Kier alpha value is -1.07. The minimum absolute atomic E-state index is 0.301. The zero-order chi connectivity index (χ0) is 12.3. The molecular weight excluding hydrogens is 305 g/mol. The molecule has 17 heavy (non-hydrogen) atoms. The lowest BCUT2D eigenvalue weighted by atomic mass is 10.3. The first-order valence-electron chi connectivity index (χ1n) is 5.00. The zero-order valence-corrected chi connectivity index (χ0v) is 11.6. The fourth-order valence-electron chi connectivity index (χ4n) is 1.44. The fourth-order valence-corrected chi connectivity index (χ4v) is 2.87. The number of hydrogen-bond acceptors (Lipinski definition) is 3. The van der Waals surface area contributed by atoms with Crippen molar-refractivity contribution in [3.05, 3.63) is 44.8 Å². The van der Waals surface area contributed by atoms with Gasteiger partial charge in [-0.15, -0.1) is 11.3 Å². The molecule has 1 N–H and O–H groups in total. The Morgan fingerprint density at radius 1 is 1.41 bits per heavy atom. The largest absolute Gasteiger partial charge is 0.494 e. The number of thiophene rings is 1. The van der Waals surface area contributed by atoms with Crippen molar-refractivity contribution >= 4 is 33.0 Å². The lowest BCUT2D eigenvalue weighted by Gasteiger charge is -2.10. The van der Waals surface area contributed by atoms with Crippen molar-refractivity contribution in [2.45, 2.75) is 6.54 Å². The maximum absolute atomic E-state index is 13.0. The van der Waals surface area contributed by atoms with E-state index < -0.39 is 0 Å². The van der Waals surface area contributed by atoms with Crippen LogP contribution in [0.4, 0.5) is 10.1 Å². The van der Waals surface area contributed by atoms with Crippen molar-refractivity contribution in [2.75, 3.05) is 12.4 Å². The van der Waals surface area contributed by atoms with E-state index in [-0.39, 0.29) is 5.82 Å². The molecule has 0 spiro atoms. The third-order valence-electron chi connectivity index (χ3n) is 2.29. The Morgan fingerprint density at radius 3 is 2.88 bits per heavy atom. The van der Waals surface area contributed by atoms with Crippen LogP contribution in [0.1, 0.15) is 4.88 Å². The quantitative estimate of drug-likeness (QED) is 0.909. The SMILES string of the molecule is COc1cc(F)ccc1NCc1sccc1Br. The highest BCUT2D eigenvalue weighted by Gasteiger charge is 2.06. The third-order valence-corrected chi connectivity index (χ3v) is 4.22. The minimum atomic E-state index is -0.301. The van der Waals surface area contributed by atoms with Crippen LogP contribution < -0.4 is 10.1 Å². The second-order valence-electron chi connectivity index (χ2n) is 3.39. The highest BCUT2D eigenvalue weighted by atomic mass is 79.9. The Kier molecular flexibility index (Phi) is 4.02. The summed E-state index contributed by atoms with van der Waals surface area (Å²) in [7, 11) is 1.53. The topological polar surface area (TPSA) is 21.3 Å². The smallest absolute Gasteiger partial charge is 0.144 e. The Bertz CT molecular complexity index is 515. The van der Waals surface area contributed by atoms with Gasteiger partial charge in [-0.2, -0.15) is 0 Å². The van der Waals surface area contributed by atoms with E-state index in [2.05, 4.69) is 21.2 Å². The first-order valence-corrected chi connectivity index (χ1v) is 6.67. The number of halogens is 2. The summed E-state index contributed by atoms with van der Waals surface area (Å²) >= 11 is 5.13. The van der Waals surface area contributed by atoms with Crippen LogP contribution in [0.15, 0.2) is 34.1 Å². The molecule has 2 aromatic rings. The summed E-state index contributed by atoms with van der Waals surface area (Å²) in [5.41, 5.74) is 0.786. The van der Waals surface area contributed by atoms with Gasteiger partial charge in [-0.05, 0) is 39.5 Å². The van der Waals surface area contributed by atoms with Gasteiger partial charge in [0.25, 0.3) is 0 Å². The summed E-state index contributed by atoms with van der Waals surface area (Å²) in [4.78, 5) is 1.19. The summed E-state index contributed by atoms with van der Waals surface area (Å²) in [5.74, 6) is 0.211. The first-order chi connectivity index (χ1) is 8.20. The molecular formula is C12H11BrFNOS. The Morgan fingerprint density at radius 2 is 2.24 bits per heavy atom. The van der Waals surface area contributed by atoms with E-state index in [1.54, 1.807) is 17.4 Å². The van der Waals surface area contributed by atoms with Crippen molar-refractivity contribution in [3.63, 3.8) is 0 Å². The van der Waals surface area contributed by atoms with Gasteiger partial charge in [-0.3, -0.25) is 0 Å². The highest BCUT2D eigenvalue weighted by molar-refractivity contribution is 9.10. The van der Waals surface area contributed by atoms with Gasteiger partial charge in [-0.25, -0.2) is 4.39 Å². The molecule has 0 fully saturated rings. The van der Waals surface area contributed by atoms with E-state index in [0.717, 1.165) is 10.2 Å². The van der Waals surface area contributed by atoms with Crippen LogP contribution in [-0.2, 0) is 6.54 Å². The number of ether oxygens (including phenoxy) is 1. The van der Waals surface area contributed by atoms with Gasteiger partial charge in [0.15, 0.2) is 0 Å². The van der Waals surface area contributed by atoms with Gasteiger partial charge in [0, 0.05) is 15.4 Å². The molecule has 2 nitrogen and oxygen atoms in total. The zero-order valence-electron chi connectivity index (χ0n) is 9.17. The number of nitrogens with one attached hydrogen (secondary N) is 1. The average Bonchev–Trinajstić information content (AvgIpc) is 2.73. The van der Waals surface area contributed by atoms with E-state index in [4.69, 9.17) is 4.74 Å². The molecule has 0 saturated carbocycles. The minimum Gasteiger partial charge on any atom is -0.494 e. The molecule has 1 aromatic heterocycles. The van der Waals surface area contributed by atoms with Crippen molar-refractivity contribution in [2.24, 2.45) is 0 Å². The lowest BCUT2D eigenvalue weighted by Crippen LogP contribution is -2.00. The normalized spacial score (nSPS) is 10.3. The average molecular weight is 316 g/mol.